The van der Waals surface area contributed by atoms with Crippen LogP contribution in [0.1, 0.15) is 12.0 Å². The highest BCUT2D eigenvalue weighted by Crippen LogP contribution is 2.23. The zero-order valence-corrected chi connectivity index (χ0v) is 9.56. The van der Waals surface area contributed by atoms with E-state index in [1.807, 2.05) is 24.3 Å². The lowest BCUT2D eigenvalue weighted by Crippen LogP contribution is -2.32. The van der Waals surface area contributed by atoms with Crippen LogP contribution in [0.4, 0.5) is 5.69 Å². The molecule has 0 spiro atoms. The summed E-state index contributed by atoms with van der Waals surface area (Å²) in [6.45, 7) is 2.18. The van der Waals surface area contributed by atoms with E-state index in [9.17, 15) is 0 Å². The van der Waals surface area contributed by atoms with E-state index in [1.54, 1.807) is 0 Å². The molecule has 17 heavy (non-hydrogen) atoms. The van der Waals surface area contributed by atoms with Gasteiger partial charge in [0.25, 0.3) is 0 Å². The molecule has 1 aromatic carbocycles. The molecule has 1 N–H and O–H groups in total. The van der Waals surface area contributed by atoms with Gasteiger partial charge >= 0.3 is 0 Å². The Labute approximate surface area is 101 Å². The van der Waals surface area contributed by atoms with Crippen molar-refractivity contribution in [1.82, 2.24) is 5.32 Å². The number of hydrogen-bond acceptors (Lipinski definition) is 4. The molecular weight excluding hydrogens is 212 g/mol. The van der Waals surface area contributed by atoms with Gasteiger partial charge in [0.15, 0.2) is 0 Å². The van der Waals surface area contributed by atoms with E-state index < -0.39 is 0 Å². The molecule has 1 aliphatic rings. The fourth-order valence-electron chi connectivity index (χ4n) is 2.18. The first-order chi connectivity index (χ1) is 8.35. The van der Waals surface area contributed by atoms with Gasteiger partial charge in [-0.15, -0.1) is 0 Å². The van der Waals surface area contributed by atoms with E-state index in [-0.39, 0.29) is 0 Å². The van der Waals surface area contributed by atoms with Gasteiger partial charge in [-0.05, 0) is 18.6 Å². The first-order valence-corrected chi connectivity index (χ1v) is 5.69. The largest absolute Gasteiger partial charge is 0.369 e. The summed E-state index contributed by atoms with van der Waals surface area (Å²) < 4.78 is 0. The number of anilines is 1. The minimum atomic E-state index is 0.349. The average Bonchev–Trinajstić information content (AvgIpc) is 2.85. The lowest BCUT2D eigenvalue weighted by atomic mass is 10.2. The summed E-state index contributed by atoms with van der Waals surface area (Å²) in [6, 6.07) is 12.3. The standard InChI is InChI=1S/C13H14N4/c14-6-7-16-12-5-8-17(10-12)13-4-2-1-3-11(13)9-15/h1-4,12,16H,5,7-8,10H2. The summed E-state index contributed by atoms with van der Waals surface area (Å²) in [5.74, 6) is 0. The van der Waals surface area contributed by atoms with Gasteiger partial charge in [0, 0.05) is 19.1 Å². The highest BCUT2D eigenvalue weighted by molar-refractivity contribution is 5.59. The smallest absolute Gasteiger partial charge is 0.101 e. The maximum absolute atomic E-state index is 9.05. The lowest BCUT2D eigenvalue weighted by molar-refractivity contribution is 0.591. The van der Waals surface area contributed by atoms with Crippen molar-refractivity contribution in [2.24, 2.45) is 0 Å². The van der Waals surface area contributed by atoms with Crippen molar-refractivity contribution in [3.05, 3.63) is 29.8 Å². The predicted molar refractivity (Wildman–Crippen MR) is 65.4 cm³/mol. The van der Waals surface area contributed by atoms with Crippen LogP contribution in [0.15, 0.2) is 24.3 Å². The molecule has 1 unspecified atom stereocenters. The van der Waals surface area contributed by atoms with Crippen LogP contribution in [0.2, 0.25) is 0 Å². The second kappa shape index (κ2) is 5.34. The molecule has 1 saturated heterocycles. The number of para-hydroxylation sites is 1. The molecule has 0 saturated carbocycles. The zero-order chi connectivity index (χ0) is 12.1. The second-order valence-corrected chi connectivity index (χ2v) is 4.10. The molecule has 1 fully saturated rings. The Hall–Kier alpha value is -2.04. The third-order valence-corrected chi connectivity index (χ3v) is 3.02. The number of nitriles is 2. The Morgan fingerprint density at radius 1 is 1.35 bits per heavy atom. The highest BCUT2D eigenvalue weighted by Gasteiger charge is 2.23. The molecule has 0 amide bonds. The van der Waals surface area contributed by atoms with Crippen molar-refractivity contribution in [3.63, 3.8) is 0 Å². The normalized spacial score (nSPS) is 18.7. The molecule has 1 heterocycles. The zero-order valence-electron chi connectivity index (χ0n) is 9.56. The Balaban J connectivity index is 2.06. The minimum absolute atomic E-state index is 0.349. The summed E-state index contributed by atoms with van der Waals surface area (Å²) >= 11 is 0. The van der Waals surface area contributed by atoms with Crippen molar-refractivity contribution in [2.75, 3.05) is 24.5 Å². The Kier molecular flexibility index (Phi) is 3.59. The number of benzene rings is 1. The summed E-state index contributed by atoms with van der Waals surface area (Å²) in [5.41, 5.74) is 1.71. The first-order valence-electron chi connectivity index (χ1n) is 5.69. The van der Waals surface area contributed by atoms with Gasteiger partial charge in [0.1, 0.15) is 6.07 Å². The summed E-state index contributed by atoms with van der Waals surface area (Å²) in [4.78, 5) is 2.20. The first kappa shape index (κ1) is 11.4. The van der Waals surface area contributed by atoms with E-state index >= 15 is 0 Å². The van der Waals surface area contributed by atoms with Crippen molar-refractivity contribution < 1.29 is 0 Å². The molecule has 0 radical (unpaired) electrons. The third-order valence-electron chi connectivity index (χ3n) is 3.02. The van der Waals surface area contributed by atoms with Gasteiger partial charge in [0.2, 0.25) is 0 Å². The highest BCUT2D eigenvalue weighted by atomic mass is 15.2. The topological polar surface area (TPSA) is 62.9 Å². The Morgan fingerprint density at radius 3 is 2.94 bits per heavy atom. The number of nitrogens with zero attached hydrogens (tertiary/aromatic N) is 3. The van der Waals surface area contributed by atoms with Gasteiger partial charge in [-0.25, -0.2) is 0 Å². The molecule has 4 heteroatoms. The van der Waals surface area contributed by atoms with E-state index in [0.29, 0.717) is 18.2 Å². The molecular formula is C13H14N4. The van der Waals surface area contributed by atoms with Crippen LogP contribution in [0.5, 0.6) is 0 Å². The van der Waals surface area contributed by atoms with Gasteiger partial charge < -0.3 is 4.90 Å². The van der Waals surface area contributed by atoms with Crippen molar-refractivity contribution in [1.29, 1.82) is 10.5 Å². The van der Waals surface area contributed by atoms with Crippen LogP contribution in [-0.2, 0) is 0 Å². The second-order valence-electron chi connectivity index (χ2n) is 4.10. The maximum Gasteiger partial charge on any atom is 0.101 e. The lowest BCUT2D eigenvalue weighted by Gasteiger charge is -2.19. The summed E-state index contributed by atoms with van der Waals surface area (Å²) in [5, 5.41) is 20.8. The van der Waals surface area contributed by atoms with Gasteiger partial charge in [-0.1, -0.05) is 12.1 Å². The Morgan fingerprint density at radius 2 is 2.18 bits per heavy atom. The molecule has 1 atom stereocenters. The molecule has 0 aromatic heterocycles. The maximum atomic E-state index is 9.05. The van der Waals surface area contributed by atoms with Crippen LogP contribution in [0.3, 0.4) is 0 Å². The van der Waals surface area contributed by atoms with Gasteiger partial charge in [-0.2, -0.15) is 10.5 Å². The molecule has 1 aliphatic heterocycles. The molecule has 4 nitrogen and oxygen atoms in total. The van der Waals surface area contributed by atoms with Gasteiger partial charge in [0.05, 0.1) is 23.9 Å². The fraction of sp³-hybridized carbons (Fsp3) is 0.385. The fourth-order valence-corrected chi connectivity index (χ4v) is 2.18. The predicted octanol–water partition coefficient (Wildman–Crippen LogP) is 1.25. The number of rotatable bonds is 3. The third kappa shape index (κ3) is 2.55. The van der Waals surface area contributed by atoms with Crippen LogP contribution in [0, 0.1) is 22.7 Å². The van der Waals surface area contributed by atoms with Crippen molar-refractivity contribution >= 4 is 5.69 Å². The van der Waals surface area contributed by atoms with E-state index in [1.165, 1.54) is 0 Å². The minimum Gasteiger partial charge on any atom is -0.369 e. The number of nitrogens with one attached hydrogen (secondary N) is 1. The molecule has 86 valence electrons. The van der Waals surface area contributed by atoms with Crippen molar-refractivity contribution in [2.45, 2.75) is 12.5 Å². The molecule has 0 bridgehead atoms. The molecule has 2 rings (SSSR count). The average molecular weight is 226 g/mol. The van der Waals surface area contributed by atoms with E-state index in [4.69, 9.17) is 10.5 Å². The van der Waals surface area contributed by atoms with Gasteiger partial charge in [-0.3, -0.25) is 5.32 Å². The monoisotopic (exact) mass is 226 g/mol. The molecule has 1 aromatic rings. The van der Waals surface area contributed by atoms with Crippen LogP contribution < -0.4 is 10.2 Å². The number of hydrogen-bond donors (Lipinski definition) is 1. The van der Waals surface area contributed by atoms with E-state index in [2.05, 4.69) is 22.4 Å². The van der Waals surface area contributed by atoms with Crippen LogP contribution >= 0.6 is 0 Å². The quantitative estimate of drug-likeness (QED) is 0.788. The van der Waals surface area contributed by atoms with Crippen LogP contribution in [-0.4, -0.2) is 25.7 Å². The SMILES string of the molecule is N#CCNC1CCN(c2ccccc2C#N)C1. The summed E-state index contributed by atoms with van der Waals surface area (Å²) in [6.07, 6.45) is 1.02. The van der Waals surface area contributed by atoms with Crippen LogP contribution in [0.25, 0.3) is 0 Å². The Bertz CT molecular complexity index is 469. The molecule has 0 aliphatic carbocycles. The van der Waals surface area contributed by atoms with E-state index in [0.717, 1.165) is 25.2 Å². The summed E-state index contributed by atoms with van der Waals surface area (Å²) in [7, 11) is 0. The van der Waals surface area contributed by atoms with Crippen molar-refractivity contribution in [3.8, 4) is 12.1 Å².